The first-order valence-electron chi connectivity index (χ1n) is 6.84. The Morgan fingerprint density at radius 2 is 1.90 bits per heavy atom. The third kappa shape index (κ3) is 3.24. The van der Waals surface area contributed by atoms with Gasteiger partial charge in [0.15, 0.2) is 0 Å². The molecule has 0 radical (unpaired) electrons. The third-order valence-corrected chi connectivity index (χ3v) is 4.56. The Balaban J connectivity index is 2.09. The minimum absolute atomic E-state index is 0.255. The molecule has 2 heterocycles. The molecule has 0 saturated carbocycles. The second-order valence-electron chi connectivity index (χ2n) is 5.02. The van der Waals surface area contributed by atoms with Crippen molar-refractivity contribution in [2.24, 2.45) is 0 Å². The van der Waals surface area contributed by atoms with Gasteiger partial charge in [-0.15, -0.1) is 11.3 Å². The number of aromatic carboxylic acids is 1. The molecule has 21 heavy (non-hydrogen) atoms. The predicted octanol–water partition coefficient (Wildman–Crippen LogP) is 1.34. The highest BCUT2D eigenvalue weighted by Crippen LogP contribution is 2.23. The van der Waals surface area contributed by atoms with E-state index in [4.69, 9.17) is 5.11 Å². The summed E-state index contributed by atoms with van der Waals surface area (Å²) in [5.41, 5.74) is 0.794. The van der Waals surface area contributed by atoms with Gasteiger partial charge in [0, 0.05) is 31.1 Å². The molecule has 2 amide bonds. The zero-order chi connectivity index (χ0) is 15.6. The van der Waals surface area contributed by atoms with Crippen molar-refractivity contribution >= 4 is 29.1 Å². The number of carbonyl (C=O) groups excluding carboxylic acids is 2. The molecule has 1 N–H and O–H groups in total. The van der Waals surface area contributed by atoms with Crippen LogP contribution in [0.3, 0.4) is 0 Å². The number of hydrogen-bond acceptors (Lipinski definition) is 4. The van der Waals surface area contributed by atoms with Crippen molar-refractivity contribution in [3.63, 3.8) is 0 Å². The Morgan fingerprint density at radius 3 is 2.48 bits per heavy atom. The Kier molecular flexibility index (Phi) is 4.62. The maximum Gasteiger partial charge on any atom is 0.345 e. The number of rotatable bonds is 5. The van der Waals surface area contributed by atoms with Gasteiger partial charge in [0.2, 0.25) is 0 Å². The molecule has 2 rings (SSSR count). The molecule has 0 unspecified atom stereocenters. The van der Waals surface area contributed by atoms with Gasteiger partial charge in [-0.25, -0.2) is 4.79 Å². The van der Waals surface area contributed by atoms with Crippen LogP contribution in [0.2, 0.25) is 0 Å². The number of carboxylic acid groups (broad SMARTS) is 1. The molecule has 1 aromatic rings. The molecule has 1 aromatic heterocycles. The maximum atomic E-state index is 12.1. The van der Waals surface area contributed by atoms with Crippen molar-refractivity contribution < 1.29 is 19.5 Å². The maximum absolute atomic E-state index is 12.1. The number of piperazine rings is 1. The van der Waals surface area contributed by atoms with Gasteiger partial charge in [-0.2, -0.15) is 0 Å². The molecular formula is C14H18N2O4S. The summed E-state index contributed by atoms with van der Waals surface area (Å²) in [5.74, 6) is -1.93. The zero-order valence-electron chi connectivity index (χ0n) is 12.1. The topological polar surface area (TPSA) is 77.9 Å². The van der Waals surface area contributed by atoms with E-state index in [1.165, 1.54) is 16.2 Å². The van der Waals surface area contributed by atoms with E-state index < -0.39 is 17.8 Å². The SMILES string of the molecule is CCCN1CCN(Cc2cc(C(=O)O)sc2C)C(=O)C1=O. The van der Waals surface area contributed by atoms with Crippen molar-refractivity contribution in [2.45, 2.75) is 26.8 Å². The van der Waals surface area contributed by atoms with Crippen LogP contribution in [0, 0.1) is 6.92 Å². The monoisotopic (exact) mass is 310 g/mol. The van der Waals surface area contributed by atoms with Crippen LogP contribution in [-0.4, -0.2) is 52.3 Å². The molecule has 6 nitrogen and oxygen atoms in total. The molecular weight excluding hydrogens is 292 g/mol. The van der Waals surface area contributed by atoms with E-state index in [0.29, 0.717) is 26.2 Å². The van der Waals surface area contributed by atoms with Crippen molar-refractivity contribution in [1.82, 2.24) is 9.80 Å². The molecule has 1 saturated heterocycles. The van der Waals surface area contributed by atoms with Gasteiger partial charge in [0.05, 0.1) is 0 Å². The lowest BCUT2D eigenvalue weighted by molar-refractivity contribution is -0.156. The molecule has 0 atom stereocenters. The number of hydrogen-bond donors (Lipinski definition) is 1. The van der Waals surface area contributed by atoms with Crippen LogP contribution >= 0.6 is 11.3 Å². The first-order valence-corrected chi connectivity index (χ1v) is 7.66. The molecule has 1 aliphatic rings. The highest BCUT2D eigenvalue weighted by molar-refractivity contribution is 7.14. The van der Waals surface area contributed by atoms with Gasteiger partial charge >= 0.3 is 17.8 Å². The Morgan fingerprint density at radius 1 is 1.29 bits per heavy atom. The average Bonchev–Trinajstić information content (AvgIpc) is 2.80. The van der Waals surface area contributed by atoms with Gasteiger partial charge in [0.1, 0.15) is 4.88 Å². The first-order chi connectivity index (χ1) is 9.93. The second-order valence-corrected chi connectivity index (χ2v) is 6.27. The first kappa shape index (κ1) is 15.5. The summed E-state index contributed by atoms with van der Waals surface area (Å²) in [4.78, 5) is 39.2. The van der Waals surface area contributed by atoms with Crippen LogP contribution in [-0.2, 0) is 16.1 Å². The second kappa shape index (κ2) is 6.26. The normalized spacial score (nSPS) is 15.7. The molecule has 114 valence electrons. The van der Waals surface area contributed by atoms with Gasteiger partial charge in [-0.1, -0.05) is 6.92 Å². The fraction of sp³-hybridized carbons (Fsp3) is 0.500. The van der Waals surface area contributed by atoms with E-state index in [2.05, 4.69) is 0 Å². The average molecular weight is 310 g/mol. The summed E-state index contributed by atoms with van der Waals surface area (Å²) in [7, 11) is 0. The Bertz CT molecular complexity index is 582. The molecule has 0 aromatic carbocycles. The van der Waals surface area contributed by atoms with Gasteiger partial charge in [-0.3, -0.25) is 9.59 Å². The lowest BCUT2D eigenvalue weighted by atomic mass is 10.2. The number of aryl methyl sites for hydroxylation is 1. The minimum atomic E-state index is -0.968. The summed E-state index contributed by atoms with van der Waals surface area (Å²) in [6.45, 7) is 5.70. The van der Waals surface area contributed by atoms with E-state index in [1.54, 1.807) is 11.0 Å². The summed E-state index contributed by atoms with van der Waals surface area (Å²) < 4.78 is 0. The van der Waals surface area contributed by atoms with Crippen LogP contribution in [0.25, 0.3) is 0 Å². The van der Waals surface area contributed by atoms with Gasteiger partial charge in [-0.05, 0) is 25.0 Å². The van der Waals surface area contributed by atoms with Crippen molar-refractivity contribution in [3.8, 4) is 0 Å². The lowest BCUT2D eigenvalue weighted by Gasteiger charge is -2.33. The number of thiophene rings is 1. The lowest BCUT2D eigenvalue weighted by Crippen LogP contribution is -2.53. The molecule has 0 aliphatic carbocycles. The summed E-state index contributed by atoms with van der Waals surface area (Å²) in [5, 5.41) is 8.99. The third-order valence-electron chi connectivity index (χ3n) is 3.48. The molecule has 0 spiro atoms. The van der Waals surface area contributed by atoms with Crippen LogP contribution < -0.4 is 0 Å². The largest absolute Gasteiger partial charge is 0.477 e. The predicted molar refractivity (Wildman–Crippen MR) is 78.3 cm³/mol. The fourth-order valence-corrected chi connectivity index (χ4v) is 3.21. The van der Waals surface area contributed by atoms with Crippen LogP contribution in [0.4, 0.5) is 0 Å². The standard InChI is InChI=1S/C14H18N2O4S/c1-3-4-15-5-6-16(13(18)12(15)17)8-10-7-11(14(19)20)21-9(10)2/h7H,3-6,8H2,1-2H3,(H,19,20). The number of carbonyl (C=O) groups is 3. The summed E-state index contributed by atoms with van der Waals surface area (Å²) in [6.07, 6.45) is 0.824. The van der Waals surface area contributed by atoms with E-state index in [1.807, 2.05) is 13.8 Å². The van der Waals surface area contributed by atoms with E-state index in [9.17, 15) is 14.4 Å². The van der Waals surface area contributed by atoms with Crippen molar-refractivity contribution in [2.75, 3.05) is 19.6 Å². The zero-order valence-corrected chi connectivity index (χ0v) is 12.9. The Labute approximate surface area is 127 Å². The minimum Gasteiger partial charge on any atom is -0.477 e. The summed E-state index contributed by atoms with van der Waals surface area (Å²) in [6, 6.07) is 1.58. The van der Waals surface area contributed by atoms with E-state index in [0.717, 1.165) is 16.9 Å². The number of amides is 2. The van der Waals surface area contributed by atoms with Gasteiger partial charge < -0.3 is 14.9 Å². The smallest absolute Gasteiger partial charge is 0.345 e. The Hall–Kier alpha value is -1.89. The highest BCUT2D eigenvalue weighted by Gasteiger charge is 2.32. The highest BCUT2D eigenvalue weighted by atomic mass is 32.1. The summed E-state index contributed by atoms with van der Waals surface area (Å²) >= 11 is 1.19. The molecule has 7 heteroatoms. The van der Waals surface area contributed by atoms with Crippen LogP contribution in [0.15, 0.2) is 6.07 Å². The van der Waals surface area contributed by atoms with E-state index >= 15 is 0 Å². The van der Waals surface area contributed by atoms with Crippen LogP contribution in [0.5, 0.6) is 0 Å². The van der Waals surface area contributed by atoms with Gasteiger partial charge in [0.25, 0.3) is 0 Å². The molecule has 1 aliphatic heterocycles. The number of carboxylic acids is 1. The van der Waals surface area contributed by atoms with Crippen molar-refractivity contribution in [1.29, 1.82) is 0 Å². The van der Waals surface area contributed by atoms with Crippen molar-refractivity contribution in [3.05, 3.63) is 21.4 Å². The quantitative estimate of drug-likeness (QED) is 0.832. The number of nitrogens with zero attached hydrogens (tertiary/aromatic N) is 2. The molecule has 1 fully saturated rings. The fourth-order valence-electron chi connectivity index (χ4n) is 2.34. The van der Waals surface area contributed by atoms with Crippen LogP contribution in [0.1, 0.15) is 33.5 Å². The van der Waals surface area contributed by atoms with E-state index in [-0.39, 0.29) is 4.88 Å². The molecule has 0 bridgehead atoms.